The molecule has 4 rings (SSSR count). The number of nitrogens with zero attached hydrogens (tertiary/aromatic N) is 3. The van der Waals surface area contributed by atoms with E-state index in [4.69, 9.17) is 11.1 Å². The molecule has 0 saturated carbocycles. The van der Waals surface area contributed by atoms with E-state index in [2.05, 4.69) is 38.9 Å². The monoisotopic (exact) mass is 537 g/mol. The summed E-state index contributed by atoms with van der Waals surface area (Å²) in [6, 6.07) is 13.8. The smallest absolute Gasteiger partial charge is 0.383 e. The maximum absolute atomic E-state index is 13.9. The third-order valence-corrected chi connectivity index (χ3v) is 6.87. The van der Waals surface area contributed by atoms with E-state index in [-0.39, 0.29) is 12.1 Å². The second-order valence-electron chi connectivity index (χ2n) is 9.58. The van der Waals surface area contributed by atoms with Crippen LogP contribution in [0.4, 0.5) is 30.4 Å². The number of nitrogens with two attached hydrogens (primary N) is 1. The molecule has 1 aromatic heterocycles. The Bertz CT molecular complexity index is 1300. The Kier molecular flexibility index (Phi) is 8.88. The predicted octanol–water partition coefficient (Wildman–Crippen LogP) is 5.52. The maximum Gasteiger partial charge on any atom is 0.416 e. The minimum atomic E-state index is -4.45. The highest BCUT2D eigenvalue weighted by atomic mass is 19.4. The molecule has 3 aromatic rings. The number of alkyl halides is 3. The molecule has 2 aromatic carbocycles. The van der Waals surface area contributed by atoms with Crippen LogP contribution in [0.1, 0.15) is 23.6 Å². The summed E-state index contributed by atoms with van der Waals surface area (Å²) in [5, 5.41) is 13.7. The normalized spacial score (nSPS) is 14.7. The van der Waals surface area contributed by atoms with Crippen molar-refractivity contribution in [3.05, 3.63) is 83.7 Å². The van der Waals surface area contributed by atoms with Crippen molar-refractivity contribution in [3.63, 3.8) is 0 Å². The number of likely N-dealkylation sites (N-methyl/N-ethyl adjacent to an activating group) is 1. The molecule has 0 unspecified atom stereocenters. The third-order valence-electron chi connectivity index (χ3n) is 6.87. The number of halogens is 3. The van der Waals surface area contributed by atoms with Crippen LogP contribution in [0.25, 0.3) is 11.1 Å². The summed E-state index contributed by atoms with van der Waals surface area (Å²) >= 11 is 0. The highest BCUT2D eigenvalue weighted by molar-refractivity contribution is 5.86. The number of benzene rings is 2. The first kappa shape index (κ1) is 28.1. The van der Waals surface area contributed by atoms with Gasteiger partial charge in [-0.25, -0.2) is 4.98 Å². The molecule has 1 aliphatic rings. The van der Waals surface area contributed by atoms with Gasteiger partial charge in [-0.3, -0.25) is 4.90 Å². The fraction of sp³-hybridized carbons (Fsp3) is 0.310. The van der Waals surface area contributed by atoms with Crippen molar-refractivity contribution < 1.29 is 13.2 Å². The van der Waals surface area contributed by atoms with Crippen LogP contribution < -0.4 is 16.4 Å². The lowest BCUT2D eigenvalue weighted by Crippen LogP contribution is -2.45. The van der Waals surface area contributed by atoms with Crippen LogP contribution in [0.2, 0.25) is 0 Å². The van der Waals surface area contributed by atoms with E-state index in [0.717, 1.165) is 49.5 Å². The van der Waals surface area contributed by atoms with Crippen molar-refractivity contribution in [2.24, 2.45) is 0 Å². The second kappa shape index (κ2) is 12.3. The number of piperazine rings is 1. The molecule has 0 atom stereocenters. The van der Waals surface area contributed by atoms with Gasteiger partial charge in [-0.2, -0.15) is 13.2 Å². The Morgan fingerprint density at radius 3 is 2.33 bits per heavy atom. The van der Waals surface area contributed by atoms with Crippen molar-refractivity contribution in [2.75, 3.05) is 55.6 Å². The predicted molar refractivity (Wildman–Crippen MR) is 152 cm³/mol. The van der Waals surface area contributed by atoms with Gasteiger partial charge in [0.1, 0.15) is 5.82 Å². The van der Waals surface area contributed by atoms with Crippen LogP contribution in [-0.2, 0) is 12.7 Å². The fourth-order valence-electron chi connectivity index (χ4n) is 4.56. The zero-order chi connectivity index (χ0) is 28.0. The van der Waals surface area contributed by atoms with Crippen LogP contribution in [0.5, 0.6) is 0 Å². The number of anilines is 3. The standard InChI is InChI=1S/C29H34F3N7/c1-3-38-10-12-39(13-11-38)19-22-6-9-26(15-27(22)29(30,31)32)37-20(2)17-35-25-7-4-21(5-8-25)24-14-23(16-33)28(34)36-18-24/h4-9,14-16,18,33,35,37H,2-3,10-13,17,19H2,1H3,(H2,34,36). The number of hydrogen-bond acceptors (Lipinski definition) is 7. The van der Waals surface area contributed by atoms with E-state index in [1.165, 1.54) is 12.3 Å². The number of hydrogen-bond donors (Lipinski definition) is 4. The largest absolute Gasteiger partial charge is 0.416 e. The molecule has 0 bridgehead atoms. The second-order valence-corrected chi connectivity index (χ2v) is 9.58. The first-order valence-electron chi connectivity index (χ1n) is 12.9. The Morgan fingerprint density at radius 2 is 1.69 bits per heavy atom. The molecule has 0 amide bonds. The van der Waals surface area contributed by atoms with E-state index >= 15 is 0 Å². The van der Waals surface area contributed by atoms with Gasteiger partial charge in [0, 0.05) is 73.3 Å². The molecule has 5 N–H and O–H groups in total. The first-order valence-corrected chi connectivity index (χ1v) is 12.9. The number of aromatic nitrogens is 1. The molecule has 7 nitrogen and oxygen atoms in total. The van der Waals surface area contributed by atoms with Crippen LogP contribution in [-0.4, -0.2) is 60.3 Å². The minimum Gasteiger partial charge on any atom is -0.383 e. The molecule has 10 heteroatoms. The number of nitrogen functional groups attached to an aromatic ring is 1. The van der Waals surface area contributed by atoms with Crippen molar-refractivity contribution in [2.45, 2.75) is 19.6 Å². The topological polar surface area (TPSA) is 93.3 Å². The lowest BCUT2D eigenvalue weighted by molar-refractivity contribution is -0.138. The van der Waals surface area contributed by atoms with E-state index in [0.29, 0.717) is 29.3 Å². The SMILES string of the molecule is C=C(CNc1ccc(-c2cnc(N)c(C=N)c2)cc1)Nc1ccc(CN2CCN(CC)CC2)c(C(F)(F)F)c1. The van der Waals surface area contributed by atoms with Crippen molar-refractivity contribution in [1.29, 1.82) is 5.41 Å². The summed E-state index contributed by atoms with van der Waals surface area (Å²) in [5.74, 6) is 0.306. The quantitative estimate of drug-likeness (QED) is 0.255. The molecule has 1 aliphatic heterocycles. The zero-order valence-corrected chi connectivity index (χ0v) is 22.0. The van der Waals surface area contributed by atoms with Gasteiger partial charge in [0.25, 0.3) is 0 Å². The zero-order valence-electron chi connectivity index (χ0n) is 22.0. The summed E-state index contributed by atoms with van der Waals surface area (Å²) in [4.78, 5) is 8.50. The van der Waals surface area contributed by atoms with Gasteiger partial charge in [-0.05, 0) is 48.0 Å². The van der Waals surface area contributed by atoms with Gasteiger partial charge in [-0.1, -0.05) is 31.7 Å². The van der Waals surface area contributed by atoms with Gasteiger partial charge in [0.15, 0.2) is 0 Å². The summed E-state index contributed by atoms with van der Waals surface area (Å²) in [6.07, 6.45) is -1.62. The molecule has 39 heavy (non-hydrogen) atoms. The van der Waals surface area contributed by atoms with Gasteiger partial charge in [0.05, 0.1) is 12.1 Å². The van der Waals surface area contributed by atoms with Gasteiger partial charge < -0.3 is 26.7 Å². The summed E-state index contributed by atoms with van der Waals surface area (Å²) < 4.78 is 41.7. The highest BCUT2D eigenvalue weighted by Crippen LogP contribution is 2.35. The molecular formula is C29H34F3N7. The Hall–Kier alpha value is -3.89. The molecular weight excluding hydrogens is 503 g/mol. The van der Waals surface area contributed by atoms with E-state index in [9.17, 15) is 13.2 Å². The van der Waals surface area contributed by atoms with E-state index in [1.807, 2.05) is 24.3 Å². The Labute approximate surface area is 227 Å². The fourth-order valence-corrected chi connectivity index (χ4v) is 4.56. The molecule has 0 aliphatic carbocycles. The maximum atomic E-state index is 13.9. The first-order chi connectivity index (χ1) is 18.7. The van der Waals surface area contributed by atoms with Crippen LogP contribution >= 0.6 is 0 Å². The Morgan fingerprint density at radius 1 is 1.03 bits per heavy atom. The molecule has 0 radical (unpaired) electrons. The number of pyridine rings is 1. The molecule has 1 fully saturated rings. The lowest BCUT2D eigenvalue weighted by atomic mass is 10.0. The van der Waals surface area contributed by atoms with E-state index in [1.54, 1.807) is 24.4 Å². The van der Waals surface area contributed by atoms with E-state index < -0.39 is 11.7 Å². The lowest BCUT2D eigenvalue weighted by Gasteiger charge is -2.34. The summed E-state index contributed by atoms with van der Waals surface area (Å²) in [7, 11) is 0. The Balaban J connectivity index is 1.35. The summed E-state index contributed by atoms with van der Waals surface area (Å²) in [6.45, 7) is 10.9. The average molecular weight is 538 g/mol. The van der Waals surface area contributed by atoms with Crippen LogP contribution in [0.15, 0.2) is 67.0 Å². The van der Waals surface area contributed by atoms with Gasteiger partial charge in [0.2, 0.25) is 0 Å². The molecule has 0 spiro atoms. The van der Waals surface area contributed by atoms with Crippen molar-refractivity contribution in [3.8, 4) is 11.1 Å². The molecule has 1 saturated heterocycles. The summed E-state index contributed by atoms with van der Waals surface area (Å²) in [5.41, 5.74) is 9.44. The van der Waals surface area contributed by atoms with Gasteiger partial charge in [-0.15, -0.1) is 0 Å². The average Bonchev–Trinajstić information content (AvgIpc) is 2.93. The highest BCUT2D eigenvalue weighted by Gasteiger charge is 2.34. The third kappa shape index (κ3) is 7.36. The van der Waals surface area contributed by atoms with Gasteiger partial charge >= 0.3 is 6.18 Å². The van der Waals surface area contributed by atoms with Crippen molar-refractivity contribution >= 4 is 23.4 Å². The molecule has 206 valence electrons. The number of rotatable bonds is 10. The number of nitrogens with one attached hydrogen (secondary N) is 3. The van der Waals surface area contributed by atoms with Crippen LogP contribution in [0.3, 0.4) is 0 Å². The van der Waals surface area contributed by atoms with Crippen molar-refractivity contribution in [1.82, 2.24) is 14.8 Å². The van der Waals surface area contributed by atoms with Crippen LogP contribution in [0, 0.1) is 5.41 Å². The minimum absolute atomic E-state index is 0.278. The molecule has 2 heterocycles.